The number of carbonyl (C=O) groups is 1. The summed E-state index contributed by atoms with van der Waals surface area (Å²) in [5, 5.41) is 2.63. The van der Waals surface area contributed by atoms with Crippen molar-refractivity contribution in [1.82, 2.24) is 0 Å². The lowest BCUT2D eigenvalue weighted by Gasteiger charge is -2.02. The van der Waals surface area contributed by atoms with Crippen LogP contribution in [0.15, 0.2) is 24.3 Å². The Balaban J connectivity index is 2.67. The summed E-state index contributed by atoms with van der Waals surface area (Å²) in [4.78, 5) is 11.1. The fourth-order valence-corrected chi connectivity index (χ4v) is 0.950. The summed E-state index contributed by atoms with van der Waals surface area (Å²) in [7, 11) is 1.59. The maximum atomic E-state index is 11.1. The third-order valence-corrected chi connectivity index (χ3v) is 1.59. The number of benzene rings is 1. The Hall–Kier alpha value is -1.95. The van der Waals surface area contributed by atoms with Gasteiger partial charge >= 0.3 is 0 Å². The van der Waals surface area contributed by atoms with Crippen molar-refractivity contribution in [3.8, 4) is 17.6 Å². The van der Waals surface area contributed by atoms with Crippen LogP contribution in [0.5, 0.6) is 5.75 Å². The first-order chi connectivity index (χ1) is 6.76. The largest absolute Gasteiger partial charge is 0.497 e. The molecule has 0 heterocycles. The van der Waals surface area contributed by atoms with Gasteiger partial charge in [0.25, 0.3) is 5.91 Å². The Labute approximate surface area is 83.1 Å². The minimum absolute atomic E-state index is 0.308. The average molecular weight is 189 g/mol. The van der Waals surface area contributed by atoms with Gasteiger partial charge in [-0.15, -0.1) is 0 Å². The molecule has 0 spiro atoms. The van der Waals surface area contributed by atoms with E-state index in [0.29, 0.717) is 5.69 Å². The summed E-state index contributed by atoms with van der Waals surface area (Å²) < 4.78 is 4.98. The number of carbonyl (C=O) groups excluding carboxylic acids is 1. The van der Waals surface area contributed by atoms with Crippen LogP contribution in [0.2, 0.25) is 0 Å². The summed E-state index contributed by atoms with van der Waals surface area (Å²) in [5.41, 5.74) is 0.707. The van der Waals surface area contributed by atoms with Gasteiger partial charge in [0.1, 0.15) is 5.75 Å². The Morgan fingerprint density at radius 2 is 2.00 bits per heavy atom. The number of hydrogen-bond acceptors (Lipinski definition) is 2. The van der Waals surface area contributed by atoms with E-state index in [9.17, 15) is 4.79 Å². The molecule has 0 unspecified atom stereocenters. The van der Waals surface area contributed by atoms with Gasteiger partial charge in [0.05, 0.1) is 7.11 Å². The van der Waals surface area contributed by atoms with Crippen LogP contribution in [0.3, 0.4) is 0 Å². The standard InChI is InChI=1S/C11H11NO2/c1-3-4-11(13)12-9-5-7-10(14-2)8-6-9/h5-8H,1-2H3,(H,12,13). The molecule has 14 heavy (non-hydrogen) atoms. The third-order valence-electron chi connectivity index (χ3n) is 1.59. The first-order valence-corrected chi connectivity index (χ1v) is 4.14. The summed E-state index contributed by atoms with van der Waals surface area (Å²) in [5.74, 6) is 5.36. The van der Waals surface area contributed by atoms with Crippen LogP contribution < -0.4 is 10.1 Å². The molecule has 1 rings (SSSR count). The highest BCUT2D eigenvalue weighted by molar-refractivity contribution is 6.03. The highest BCUT2D eigenvalue weighted by atomic mass is 16.5. The molecule has 0 aliphatic carbocycles. The minimum Gasteiger partial charge on any atom is -0.497 e. The molecule has 1 amide bonds. The van der Waals surface area contributed by atoms with Gasteiger partial charge in [-0.25, -0.2) is 0 Å². The van der Waals surface area contributed by atoms with Gasteiger partial charge in [-0.2, -0.15) is 0 Å². The van der Waals surface area contributed by atoms with Crippen molar-refractivity contribution in [2.24, 2.45) is 0 Å². The van der Waals surface area contributed by atoms with Crippen molar-refractivity contribution in [2.45, 2.75) is 6.92 Å². The van der Waals surface area contributed by atoms with Crippen molar-refractivity contribution in [3.05, 3.63) is 24.3 Å². The molecule has 0 aromatic heterocycles. The second kappa shape index (κ2) is 4.93. The van der Waals surface area contributed by atoms with E-state index in [4.69, 9.17) is 4.74 Å². The SMILES string of the molecule is CC#CC(=O)Nc1ccc(OC)cc1. The Morgan fingerprint density at radius 1 is 1.36 bits per heavy atom. The van der Waals surface area contributed by atoms with Crippen molar-refractivity contribution < 1.29 is 9.53 Å². The number of amides is 1. The molecule has 3 heteroatoms. The van der Waals surface area contributed by atoms with E-state index in [-0.39, 0.29) is 5.91 Å². The van der Waals surface area contributed by atoms with Gasteiger partial charge in [-0.3, -0.25) is 4.79 Å². The van der Waals surface area contributed by atoms with Crippen LogP contribution >= 0.6 is 0 Å². The van der Waals surface area contributed by atoms with Gasteiger partial charge in [-0.05, 0) is 37.1 Å². The summed E-state index contributed by atoms with van der Waals surface area (Å²) in [6, 6.07) is 7.06. The number of rotatable bonds is 2. The molecule has 0 saturated heterocycles. The fourth-order valence-electron chi connectivity index (χ4n) is 0.950. The van der Waals surface area contributed by atoms with E-state index in [1.165, 1.54) is 0 Å². The van der Waals surface area contributed by atoms with Crippen molar-refractivity contribution >= 4 is 11.6 Å². The Morgan fingerprint density at radius 3 is 2.50 bits per heavy atom. The van der Waals surface area contributed by atoms with Crippen LogP contribution in [-0.4, -0.2) is 13.0 Å². The zero-order chi connectivity index (χ0) is 10.4. The van der Waals surface area contributed by atoms with Crippen LogP contribution in [0.4, 0.5) is 5.69 Å². The minimum atomic E-state index is -0.308. The normalized spacial score (nSPS) is 8.43. The molecule has 0 saturated carbocycles. The topological polar surface area (TPSA) is 38.3 Å². The van der Waals surface area contributed by atoms with Crippen molar-refractivity contribution in [3.63, 3.8) is 0 Å². The number of anilines is 1. The van der Waals surface area contributed by atoms with Crippen LogP contribution in [-0.2, 0) is 4.79 Å². The predicted molar refractivity (Wildman–Crippen MR) is 55.1 cm³/mol. The van der Waals surface area contributed by atoms with Crippen molar-refractivity contribution in [1.29, 1.82) is 0 Å². The summed E-state index contributed by atoms with van der Waals surface area (Å²) in [6.07, 6.45) is 0. The highest BCUT2D eigenvalue weighted by Crippen LogP contribution is 2.14. The van der Waals surface area contributed by atoms with Gasteiger partial charge in [0.15, 0.2) is 0 Å². The van der Waals surface area contributed by atoms with E-state index in [2.05, 4.69) is 17.2 Å². The molecule has 0 aliphatic rings. The second-order valence-corrected chi connectivity index (χ2v) is 2.56. The monoisotopic (exact) mass is 189 g/mol. The number of hydrogen-bond donors (Lipinski definition) is 1. The van der Waals surface area contributed by atoms with Crippen LogP contribution in [0.1, 0.15) is 6.92 Å². The molecular formula is C11H11NO2. The zero-order valence-corrected chi connectivity index (χ0v) is 8.13. The highest BCUT2D eigenvalue weighted by Gasteiger charge is 1.97. The molecule has 0 radical (unpaired) electrons. The molecule has 72 valence electrons. The molecule has 0 bridgehead atoms. The smallest absolute Gasteiger partial charge is 0.300 e. The first kappa shape index (κ1) is 10.1. The molecule has 0 atom stereocenters. The van der Waals surface area contributed by atoms with E-state index in [0.717, 1.165) is 5.75 Å². The van der Waals surface area contributed by atoms with E-state index in [1.807, 2.05) is 0 Å². The average Bonchev–Trinajstić information content (AvgIpc) is 2.19. The van der Waals surface area contributed by atoms with Gasteiger partial charge in [0, 0.05) is 5.69 Å². The predicted octanol–water partition coefficient (Wildman–Crippen LogP) is 1.66. The van der Waals surface area contributed by atoms with Gasteiger partial charge in [0.2, 0.25) is 0 Å². The zero-order valence-electron chi connectivity index (χ0n) is 8.13. The van der Waals surface area contributed by atoms with Crippen molar-refractivity contribution in [2.75, 3.05) is 12.4 Å². The molecular weight excluding hydrogens is 178 g/mol. The molecule has 1 aromatic rings. The van der Waals surface area contributed by atoms with Crippen LogP contribution in [0.25, 0.3) is 0 Å². The lowest BCUT2D eigenvalue weighted by molar-refractivity contribution is -0.111. The molecule has 1 aromatic carbocycles. The molecule has 3 nitrogen and oxygen atoms in total. The van der Waals surface area contributed by atoms with Gasteiger partial charge in [-0.1, -0.05) is 5.92 Å². The number of ether oxygens (including phenoxy) is 1. The molecule has 0 aliphatic heterocycles. The Kier molecular flexibility index (Phi) is 3.57. The van der Waals surface area contributed by atoms with Gasteiger partial charge < -0.3 is 10.1 Å². The lowest BCUT2D eigenvalue weighted by atomic mass is 10.3. The fraction of sp³-hybridized carbons (Fsp3) is 0.182. The molecule has 1 N–H and O–H groups in total. The lowest BCUT2D eigenvalue weighted by Crippen LogP contribution is -2.07. The van der Waals surface area contributed by atoms with E-state index >= 15 is 0 Å². The maximum Gasteiger partial charge on any atom is 0.300 e. The van der Waals surface area contributed by atoms with E-state index in [1.54, 1.807) is 38.3 Å². The summed E-state index contributed by atoms with van der Waals surface area (Å²) in [6.45, 7) is 1.62. The molecule has 0 fully saturated rings. The second-order valence-electron chi connectivity index (χ2n) is 2.56. The maximum absolute atomic E-state index is 11.1. The quantitative estimate of drug-likeness (QED) is 0.718. The first-order valence-electron chi connectivity index (χ1n) is 4.14. The van der Waals surface area contributed by atoms with Crippen LogP contribution in [0, 0.1) is 11.8 Å². The number of methoxy groups -OCH3 is 1. The summed E-state index contributed by atoms with van der Waals surface area (Å²) >= 11 is 0. The number of nitrogens with one attached hydrogen (secondary N) is 1. The van der Waals surface area contributed by atoms with E-state index < -0.39 is 0 Å². The Bertz CT molecular complexity index is 371. The third kappa shape index (κ3) is 2.83.